The van der Waals surface area contributed by atoms with E-state index in [-0.39, 0.29) is 11.9 Å². The lowest BCUT2D eigenvalue weighted by Gasteiger charge is -2.19. The zero-order valence-corrected chi connectivity index (χ0v) is 19.2. The van der Waals surface area contributed by atoms with Crippen LogP contribution in [-0.4, -0.2) is 51.1 Å². The molecule has 5 rings (SSSR count). The minimum atomic E-state index is -0.198. The van der Waals surface area contributed by atoms with Gasteiger partial charge in [-0.2, -0.15) is 0 Å². The number of ether oxygens (including phenoxy) is 1. The molecule has 1 aliphatic heterocycles. The molecule has 1 saturated heterocycles. The quantitative estimate of drug-likeness (QED) is 0.342. The number of nitrogens with zero attached hydrogens (tertiary/aromatic N) is 5. The van der Waals surface area contributed by atoms with Gasteiger partial charge in [0.1, 0.15) is 11.5 Å². The predicted molar refractivity (Wildman–Crippen MR) is 124 cm³/mol. The Morgan fingerprint density at radius 1 is 1.34 bits per heavy atom. The normalized spacial score (nSPS) is 16.2. The van der Waals surface area contributed by atoms with Crippen molar-refractivity contribution in [1.82, 2.24) is 24.9 Å². The van der Waals surface area contributed by atoms with Gasteiger partial charge in [-0.1, -0.05) is 18.5 Å². The number of esters is 1. The number of pyridine rings is 2. The summed E-state index contributed by atoms with van der Waals surface area (Å²) in [5.41, 5.74) is 3.26. The second-order valence-electron chi connectivity index (χ2n) is 7.59. The third-order valence-electron chi connectivity index (χ3n) is 5.63. The first-order valence-corrected chi connectivity index (χ1v) is 11.6. The highest BCUT2D eigenvalue weighted by atomic mass is 35.5. The SMILES string of the molecule is CCc1[nH]c2nc(Sc3cnc4cccnc4c3)nc(N3CC[C@@H](C(=O)OC)C3)c2c1Cl. The zero-order chi connectivity index (χ0) is 22.2. The Morgan fingerprint density at radius 2 is 2.22 bits per heavy atom. The summed E-state index contributed by atoms with van der Waals surface area (Å²) in [5.74, 6) is 0.355. The topological polar surface area (TPSA) is 96.9 Å². The number of hydrogen-bond acceptors (Lipinski definition) is 8. The molecular formula is C22H21ClN6O2S. The molecule has 5 heterocycles. The van der Waals surface area contributed by atoms with E-state index in [1.165, 1.54) is 18.9 Å². The number of carbonyl (C=O) groups is 1. The van der Waals surface area contributed by atoms with Gasteiger partial charge in [-0.15, -0.1) is 0 Å². The van der Waals surface area contributed by atoms with Crippen LogP contribution >= 0.6 is 23.4 Å². The molecule has 10 heteroatoms. The van der Waals surface area contributed by atoms with Gasteiger partial charge in [0, 0.05) is 36.1 Å². The van der Waals surface area contributed by atoms with E-state index in [0.29, 0.717) is 35.3 Å². The van der Waals surface area contributed by atoms with Crippen molar-refractivity contribution in [1.29, 1.82) is 0 Å². The van der Waals surface area contributed by atoms with Crippen LogP contribution in [0.4, 0.5) is 5.82 Å². The highest BCUT2D eigenvalue weighted by Gasteiger charge is 2.32. The summed E-state index contributed by atoms with van der Waals surface area (Å²) in [6.07, 6.45) is 5.01. The van der Waals surface area contributed by atoms with Gasteiger partial charge >= 0.3 is 5.97 Å². The number of methoxy groups -OCH3 is 1. The summed E-state index contributed by atoms with van der Waals surface area (Å²) in [4.78, 5) is 36.8. The van der Waals surface area contributed by atoms with E-state index >= 15 is 0 Å². The molecule has 0 aromatic carbocycles. The number of nitrogens with one attached hydrogen (secondary N) is 1. The molecule has 4 aromatic rings. The Labute approximate surface area is 193 Å². The van der Waals surface area contributed by atoms with Crippen molar-refractivity contribution >= 4 is 57.2 Å². The van der Waals surface area contributed by atoms with E-state index in [0.717, 1.165) is 39.2 Å². The lowest BCUT2D eigenvalue weighted by atomic mass is 10.1. The molecule has 0 unspecified atom stereocenters. The molecule has 1 fully saturated rings. The van der Waals surface area contributed by atoms with Crippen molar-refractivity contribution in [2.75, 3.05) is 25.1 Å². The molecule has 0 aliphatic carbocycles. The molecule has 0 radical (unpaired) electrons. The van der Waals surface area contributed by atoms with Gasteiger partial charge in [0.05, 0.1) is 34.5 Å². The van der Waals surface area contributed by atoms with E-state index in [4.69, 9.17) is 26.3 Å². The Hall–Kier alpha value is -2.91. The summed E-state index contributed by atoms with van der Waals surface area (Å²) in [6.45, 7) is 3.27. The van der Waals surface area contributed by atoms with Crippen LogP contribution in [0.25, 0.3) is 22.1 Å². The van der Waals surface area contributed by atoms with Crippen molar-refractivity contribution < 1.29 is 9.53 Å². The number of aryl methyl sites for hydroxylation is 1. The summed E-state index contributed by atoms with van der Waals surface area (Å²) < 4.78 is 4.94. The largest absolute Gasteiger partial charge is 0.469 e. The number of carbonyl (C=O) groups excluding carboxylic acids is 1. The first kappa shape index (κ1) is 21.0. The fourth-order valence-corrected chi connectivity index (χ4v) is 5.11. The zero-order valence-electron chi connectivity index (χ0n) is 17.6. The predicted octanol–water partition coefficient (Wildman–Crippen LogP) is 4.27. The van der Waals surface area contributed by atoms with Crippen LogP contribution in [0.5, 0.6) is 0 Å². The molecule has 164 valence electrons. The first-order valence-electron chi connectivity index (χ1n) is 10.4. The van der Waals surface area contributed by atoms with Crippen molar-refractivity contribution in [2.45, 2.75) is 29.8 Å². The van der Waals surface area contributed by atoms with Gasteiger partial charge in [-0.25, -0.2) is 9.97 Å². The van der Waals surface area contributed by atoms with Gasteiger partial charge in [-0.3, -0.25) is 14.8 Å². The van der Waals surface area contributed by atoms with Crippen molar-refractivity contribution in [3.8, 4) is 0 Å². The average Bonchev–Trinajstić information content (AvgIpc) is 3.43. The standard InChI is InChI=1S/C22H21ClN6O2S/c1-3-14-18(23)17-19(26-14)27-22(28-20(17)29-8-6-12(11-29)21(30)31-2)32-13-9-16-15(25-10-13)5-4-7-24-16/h4-5,7,9-10,12H,3,6,8,11H2,1-2H3,(H,26,27,28)/t12-/m1/s1. The molecular weight excluding hydrogens is 448 g/mol. The molecule has 1 atom stereocenters. The van der Waals surface area contributed by atoms with Crippen LogP contribution in [0.1, 0.15) is 19.0 Å². The number of halogens is 1. The van der Waals surface area contributed by atoms with Crippen LogP contribution < -0.4 is 4.90 Å². The molecule has 0 bridgehead atoms. The third kappa shape index (κ3) is 3.75. The van der Waals surface area contributed by atoms with Crippen molar-refractivity contribution in [3.05, 3.63) is 41.3 Å². The highest BCUT2D eigenvalue weighted by Crippen LogP contribution is 2.38. The smallest absolute Gasteiger partial charge is 0.310 e. The van der Waals surface area contributed by atoms with E-state index < -0.39 is 0 Å². The lowest BCUT2D eigenvalue weighted by Crippen LogP contribution is -2.24. The summed E-state index contributed by atoms with van der Waals surface area (Å²) >= 11 is 8.11. The van der Waals surface area contributed by atoms with Crippen LogP contribution in [0.3, 0.4) is 0 Å². The maximum atomic E-state index is 12.1. The Balaban J connectivity index is 1.55. The van der Waals surface area contributed by atoms with Crippen molar-refractivity contribution in [2.24, 2.45) is 5.92 Å². The van der Waals surface area contributed by atoms with Crippen LogP contribution in [0, 0.1) is 5.92 Å². The number of anilines is 1. The fraction of sp³-hybridized carbons (Fsp3) is 0.318. The van der Waals surface area contributed by atoms with Crippen molar-refractivity contribution in [3.63, 3.8) is 0 Å². The van der Waals surface area contributed by atoms with Crippen LogP contribution in [-0.2, 0) is 16.0 Å². The summed E-state index contributed by atoms with van der Waals surface area (Å²) in [5, 5.41) is 2.00. The van der Waals surface area contributed by atoms with Crippen LogP contribution in [0.2, 0.25) is 5.02 Å². The van der Waals surface area contributed by atoms with Gasteiger partial charge in [0.2, 0.25) is 0 Å². The fourth-order valence-electron chi connectivity index (χ4n) is 4.00. The minimum absolute atomic E-state index is 0.180. The van der Waals surface area contributed by atoms with E-state index in [1.54, 1.807) is 12.4 Å². The number of hydrogen-bond donors (Lipinski definition) is 1. The third-order valence-corrected chi connectivity index (χ3v) is 6.88. The summed E-state index contributed by atoms with van der Waals surface area (Å²) in [6, 6.07) is 5.77. The number of rotatable bonds is 5. The molecule has 0 amide bonds. The van der Waals surface area contributed by atoms with Gasteiger partial charge in [-0.05, 0) is 42.8 Å². The Kier molecular flexibility index (Phi) is 5.60. The maximum absolute atomic E-state index is 12.1. The molecule has 1 aliphatic rings. The Bertz CT molecular complexity index is 1330. The maximum Gasteiger partial charge on any atom is 0.310 e. The van der Waals surface area contributed by atoms with Gasteiger partial charge in [0.25, 0.3) is 0 Å². The molecule has 8 nitrogen and oxygen atoms in total. The molecule has 0 spiro atoms. The molecule has 4 aromatic heterocycles. The Morgan fingerprint density at radius 3 is 3.03 bits per heavy atom. The molecule has 0 saturated carbocycles. The van der Waals surface area contributed by atoms with E-state index in [1.807, 2.05) is 25.1 Å². The van der Waals surface area contributed by atoms with E-state index in [9.17, 15) is 4.79 Å². The number of aromatic nitrogens is 5. The highest BCUT2D eigenvalue weighted by molar-refractivity contribution is 7.99. The monoisotopic (exact) mass is 468 g/mol. The molecule has 1 N–H and O–H groups in total. The molecule has 32 heavy (non-hydrogen) atoms. The number of aromatic amines is 1. The van der Waals surface area contributed by atoms with Crippen LogP contribution in [0.15, 0.2) is 40.6 Å². The summed E-state index contributed by atoms with van der Waals surface area (Å²) in [7, 11) is 1.42. The number of fused-ring (bicyclic) bond motifs is 2. The first-order chi connectivity index (χ1) is 15.6. The van der Waals surface area contributed by atoms with E-state index in [2.05, 4.69) is 19.9 Å². The lowest BCUT2D eigenvalue weighted by molar-refractivity contribution is -0.144. The minimum Gasteiger partial charge on any atom is -0.469 e. The second-order valence-corrected chi connectivity index (χ2v) is 9.01. The van der Waals surface area contributed by atoms with Gasteiger partial charge < -0.3 is 14.6 Å². The second kappa shape index (κ2) is 8.55. The number of H-pyrrole nitrogens is 1. The average molecular weight is 469 g/mol. The van der Waals surface area contributed by atoms with Gasteiger partial charge in [0.15, 0.2) is 5.16 Å².